The van der Waals surface area contributed by atoms with E-state index in [1.807, 2.05) is 0 Å². The van der Waals surface area contributed by atoms with Crippen LogP contribution in [0.1, 0.15) is 51.4 Å². The van der Waals surface area contributed by atoms with Crippen molar-refractivity contribution in [3.63, 3.8) is 0 Å². The third-order valence-electron chi connectivity index (χ3n) is 4.15. The van der Waals surface area contributed by atoms with Crippen molar-refractivity contribution in [2.75, 3.05) is 0 Å². The summed E-state index contributed by atoms with van der Waals surface area (Å²) in [5.41, 5.74) is 0. The summed E-state index contributed by atoms with van der Waals surface area (Å²) in [6.45, 7) is 0. The number of carboxylic acids is 2. The number of hydrogen-bond donors (Lipinski definition) is 3. The zero-order chi connectivity index (χ0) is 16.7. The normalized spacial score (nSPS) is 24.4. The van der Waals surface area contributed by atoms with Crippen molar-refractivity contribution in [2.24, 2.45) is 11.8 Å². The highest BCUT2D eigenvalue weighted by Crippen LogP contribution is 2.35. The van der Waals surface area contributed by atoms with E-state index in [-0.39, 0.29) is 25.0 Å². The molecular weight excluding hydrogens is 292 g/mol. The molecule has 0 aromatic rings. The molecule has 1 aliphatic carbocycles. The van der Waals surface area contributed by atoms with Gasteiger partial charge in [-0.3, -0.25) is 14.4 Å². The van der Waals surface area contributed by atoms with Crippen molar-refractivity contribution in [3.05, 3.63) is 0 Å². The van der Waals surface area contributed by atoms with Gasteiger partial charge in [0.2, 0.25) is 5.78 Å². The van der Waals surface area contributed by atoms with E-state index in [4.69, 9.17) is 10.2 Å². The van der Waals surface area contributed by atoms with Crippen molar-refractivity contribution in [1.29, 1.82) is 0 Å². The lowest BCUT2D eigenvalue weighted by Gasteiger charge is -2.19. The van der Waals surface area contributed by atoms with E-state index in [9.17, 15) is 24.3 Å². The molecule has 1 aliphatic rings. The molecule has 22 heavy (non-hydrogen) atoms. The summed E-state index contributed by atoms with van der Waals surface area (Å²) in [6, 6.07) is 0. The second kappa shape index (κ2) is 8.63. The van der Waals surface area contributed by atoms with Crippen molar-refractivity contribution in [1.82, 2.24) is 0 Å². The molecule has 124 valence electrons. The molecule has 0 radical (unpaired) electrons. The van der Waals surface area contributed by atoms with Gasteiger partial charge in [-0.15, -0.1) is 0 Å². The lowest BCUT2D eigenvalue weighted by molar-refractivity contribution is -0.150. The van der Waals surface area contributed by atoms with Crippen molar-refractivity contribution in [2.45, 2.75) is 57.5 Å². The Morgan fingerprint density at radius 2 is 1.68 bits per heavy atom. The van der Waals surface area contributed by atoms with Gasteiger partial charge in [0.1, 0.15) is 5.78 Å². The Morgan fingerprint density at radius 3 is 2.27 bits per heavy atom. The maximum absolute atomic E-state index is 11.9. The SMILES string of the molecule is O=C(O)CCCCCC[C@@H]1C(=O)C[C@H](O)[C@H]1CC(=O)C(=O)O. The van der Waals surface area contributed by atoms with Crippen LogP contribution in [0.4, 0.5) is 0 Å². The van der Waals surface area contributed by atoms with Crippen LogP contribution in [-0.4, -0.2) is 44.9 Å². The molecule has 3 N–H and O–H groups in total. The number of unbranched alkanes of at least 4 members (excludes halogenated alkanes) is 3. The van der Waals surface area contributed by atoms with Crippen LogP contribution < -0.4 is 0 Å². The molecule has 1 fully saturated rings. The average molecular weight is 314 g/mol. The van der Waals surface area contributed by atoms with Crippen molar-refractivity contribution in [3.8, 4) is 0 Å². The van der Waals surface area contributed by atoms with E-state index in [1.54, 1.807) is 0 Å². The Bertz CT molecular complexity index is 443. The fourth-order valence-corrected chi connectivity index (χ4v) is 2.96. The molecular formula is C15H22O7. The molecule has 7 nitrogen and oxygen atoms in total. The molecule has 0 aromatic carbocycles. The molecule has 0 amide bonds. The van der Waals surface area contributed by atoms with Crippen LogP contribution in [-0.2, 0) is 19.2 Å². The van der Waals surface area contributed by atoms with E-state index in [1.165, 1.54) is 0 Å². The van der Waals surface area contributed by atoms with Crippen LogP contribution in [0.5, 0.6) is 0 Å². The highest BCUT2D eigenvalue weighted by Gasteiger charge is 2.42. The Kier molecular flexibility index (Phi) is 7.17. The van der Waals surface area contributed by atoms with E-state index in [0.29, 0.717) is 19.3 Å². The number of aliphatic hydroxyl groups is 1. The van der Waals surface area contributed by atoms with E-state index in [0.717, 1.165) is 12.8 Å². The second-order valence-corrected chi connectivity index (χ2v) is 5.79. The topological polar surface area (TPSA) is 129 Å². The summed E-state index contributed by atoms with van der Waals surface area (Å²) >= 11 is 0. The number of ketones is 2. The molecule has 1 saturated carbocycles. The van der Waals surface area contributed by atoms with Crippen LogP contribution in [0.15, 0.2) is 0 Å². The maximum Gasteiger partial charge on any atom is 0.372 e. The third kappa shape index (κ3) is 5.55. The summed E-state index contributed by atoms with van der Waals surface area (Å²) in [5, 5.41) is 27.0. The van der Waals surface area contributed by atoms with Gasteiger partial charge in [-0.2, -0.15) is 0 Å². The number of carboxylic acid groups (broad SMARTS) is 2. The Balaban J connectivity index is 2.41. The first-order valence-corrected chi connectivity index (χ1v) is 7.51. The Hall–Kier alpha value is -1.76. The van der Waals surface area contributed by atoms with Crippen molar-refractivity contribution < 1.29 is 34.5 Å². The molecule has 3 atom stereocenters. The van der Waals surface area contributed by atoms with Crippen molar-refractivity contribution >= 4 is 23.5 Å². The predicted molar refractivity (Wildman–Crippen MR) is 75.2 cm³/mol. The summed E-state index contributed by atoms with van der Waals surface area (Å²) in [6.07, 6.45) is 2.12. The van der Waals surface area contributed by atoms with Crippen LogP contribution in [0.25, 0.3) is 0 Å². The molecule has 0 spiro atoms. The molecule has 0 aromatic heterocycles. The van der Waals surface area contributed by atoms with Gasteiger partial charge in [0, 0.05) is 31.1 Å². The van der Waals surface area contributed by atoms with E-state index >= 15 is 0 Å². The first-order valence-electron chi connectivity index (χ1n) is 7.51. The number of Topliss-reactive ketones (excluding diaryl/α,β-unsaturated/α-hetero) is 2. The molecule has 1 rings (SSSR count). The lowest BCUT2D eigenvalue weighted by atomic mass is 9.85. The van der Waals surface area contributed by atoms with Gasteiger partial charge in [0.05, 0.1) is 6.10 Å². The molecule has 0 bridgehead atoms. The molecule has 0 unspecified atom stereocenters. The third-order valence-corrected chi connectivity index (χ3v) is 4.15. The van der Waals surface area contributed by atoms with Crippen LogP contribution in [0, 0.1) is 11.8 Å². The number of rotatable bonds is 10. The van der Waals surface area contributed by atoms with Gasteiger partial charge in [0.15, 0.2) is 0 Å². The highest BCUT2D eigenvalue weighted by atomic mass is 16.4. The zero-order valence-electron chi connectivity index (χ0n) is 12.4. The van der Waals surface area contributed by atoms with Crippen LogP contribution in [0.2, 0.25) is 0 Å². The van der Waals surface area contributed by atoms with Crippen LogP contribution >= 0.6 is 0 Å². The minimum absolute atomic E-state index is 0.0265. The lowest BCUT2D eigenvalue weighted by Crippen LogP contribution is -2.26. The summed E-state index contributed by atoms with van der Waals surface area (Å²) in [7, 11) is 0. The Labute approximate surface area is 128 Å². The predicted octanol–water partition coefficient (Wildman–Crippen LogP) is 1.02. The molecule has 0 saturated heterocycles. The van der Waals surface area contributed by atoms with Crippen LogP contribution in [0.3, 0.4) is 0 Å². The monoisotopic (exact) mass is 314 g/mol. The first-order chi connectivity index (χ1) is 10.3. The summed E-state index contributed by atoms with van der Waals surface area (Å²) < 4.78 is 0. The van der Waals surface area contributed by atoms with E-state index in [2.05, 4.69) is 0 Å². The molecule has 7 heteroatoms. The first kappa shape index (κ1) is 18.3. The van der Waals surface area contributed by atoms with Gasteiger partial charge < -0.3 is 15.3 Å². The quantitative estimate of drug-likeness (QED) is 0.405. The molecule has 0 heterocycles. The zero-order valence-corrected chi connectivity index (χ0v) is 12.4. The minimum atomic E-state index is -1.54. The fourth-order valence-electron chi connectivity index (χ4n) is 2.96. The van der Waals surface area contributed by atoms with Gasteiger partial charge in [-0.25, -0.2) is 4.79 Å². The maximum atomic E-state index is 11.9. The molecule has 0 aliphatic heterocycles. The summed E-state index contributed by atoms with van der Waals surface area (Å²) in [5.74, 6) is -4.57. The standard InChI is InChI=1S/C15H22O7/c16-11-8-12(17)10(7-13(18)15(21)22)9(11)5-3-1-2-4-6-14(19)20/h9-10,12,17H,1-8H2,(H,19,20)(H,21,22)/t9-,10-,12-/m0/s1. The average Bonchev–Trinajstić information content (AvgIpc) is 2.68. The second-order valence-electron chi connectivity index (χ2n) is 5.79. The van der Waals surface area contributed by atoms with Gasteiger partial charge in [0.25, 0.3) is 0 Å². The number of carbonyl (C=O) groups excluding carboxylic acids is 2. The number of aliphatic hydroxyl groups excluding tert-OH is 1. The fraction of sp³-hybridized carbons (Fsp3) is 0.733. The number of carbonyl (C=O) groups is 4. The smallest absolute Gasteiger partial charge is 0.372 e. The van der Waals surface area contributed by atoms with Gasteiger partial charge >= 0.3 is 11.9 Å². The number of hydrogen-bond acceptors (Lipinski definition) is 5. The Morgan fingerprint density at radius 1 is 1.05 bits per heavy atom. The largest absolute Gasteiger partial charge is 0.481 e. The number of aliphatic carboxylic acids is 2. The van der Waals surface area contributed by atoms with E-state index < -0.39 is 35.7 Å². The van der Waals surface area contributed by atoms with Gasteiger partial charge in [-0.05, 0) is 12.8 Å². The highest BCUT2D eigenvalue weighted by molar-refractivity contribution is 6.32. The minimum Gasteiger partial charge on any atom is -0.481 e. The summed E-state index contributed by atoms with van der Waals surface area (Å²) in [4.78, 5) is 44.1. The van der Waals surface area contributed by atoms with Gasteiger partial charge in [-0.1, -0.05) is 19.3 Å².